The van der Waals surface area contributed by atoms with Crippen LogP contribution in [0.1, 0.15) is 44.1 Å². The number of guanidine groups is 1. The molecule has 0 amide bonds. The van der Waals surface area contributed by atoms with E-state index >= 15 is 0 Å². The van der Waals surface area contributed by atoms with E-state index in [1.54, 1.807) is 0 Å². The van der Waals surface area contributed by atoms with Crippen LogP contribution in [0.3, 0.4) is 0 Å². The molecule has 3 unspecified atom stereocenters. The number of hydrogen-bond acceptors (Lipinski definition) is 3. The molecule has 2 heterocycles. The molecule has 0 radical (unpaired) electrons. The largest absolute Gasteiger partial charge is 0.393 e. The van der Waals surface area contributed by atoms with Crippen molar-refractivity contribution in [3.8, 4) is 0 Å². The second-order valence-corrected chi connectivity index (χ2v) is 9.16. The summed E-state index contributed by atoms with van der Waals surface area (Å²) >= 11 is 0. The summed E-state index contributed by atoms with van der Waals surface area (Å²) in [5.41, 5.74) is 1.82. The second-order valence-electron chi connectivity index (χ2n) is 9.16. The Morgan fingerprint density at radius 3 is 2.69 bits per heavy atom. The van der Waals surface area contributed by atoms with Gasteiger partial charge in [-0.25, -0.2) is 0 Å². The average molecular weight is 512 g/mol. The summed E-state index contributed by atoms with van der Waals surface area (Å²) < 4.78 is 0. The number of nitrogens with one attached hydrogen (secondary N) is 1. The van der Waals surface area contributed by atoms with E-state index in [2.05, 4.69) is 50.4 Å². The monoisotopic (exact) mass is 512 g/mol. The molecule has 3 atom stereocenters. The zero-order valence-electron chi connectivity index (χ0n) is 17.7. The standard InChI is InChI=1S/C23H36N4O.HI/c1-24-22(25-15-20-9-5-10-21(20)28)27-14-12-23(18-27)11-6-13-26(17-23)16-19-7-3-2-4-8-19;/h2-4,7-8,20-21,28H,5-6,9-18H2,1H3,(H,24,25);1H. The molecule has 1 aromatic carbocycles. The molecule has 3 aliphatic rings. The van der Waals surface area contributed by atoms with E-state index in [1.807, 2.05) is 7.05 Å². The Hall–Kier alpha value is -0.860. The van der Waals surface area contributed by atoms with Gasteiger partial charge in [0.25, 0.3) is 0 Å². The molecule has 5 nitrogen and oxygen atoms in total. The van der Waals surface area contributed by atoms with Crippen LogP contribution in [0.2, 0.25) is 0 Å². The highest BCUT2D eigenvalue weighted by Gasteiger charge is 2.42. The van der Waals surface area contributed by atoms with Gasteiger partial charge in [0.2, 0.25) is 0 Å². The Morgan fingerprint density at radius 2 is 1.97 bits per heavy atom. The molecule has 0 bridgehead atoms. The van der Waals surface area contributed by atoms with Crippen LogP contribution >= 0.6 is 24.0 Å². The van der Waals surface area contributed by atoms with Gasteiger partial charge in [-0.05, 0) is 44.2 Å². The highest BCUT2D eigenvalue weighted by Crippen LogP contribution is 2.39. The van der Waals surface area contributed by atoms with Crippen LogP contribution < -0.4 is 5.32 Å². The fourth-order valence-corrected chi connectivity index (χ4v) is 5.55. The molecule has 1 aliphatic carbocycles. The van der Waals surface area contributed by atoms with Crippen molar-refractivity contribution in [2.24, 2.45) is 16.3 Å². The number of hydrogen-bond donors (Lipinski definition) is 2. The van der Waals surface area contributed by atoms with E-state index < -0.39 is 0 Å². The van der Waals surface area contributed by atoms with Crippen molar-refractivity contribution in [3.05, 3.63) is 35.9 Å². The zero-order valence-corrected chi connectivity index (χ0v) is 20.1. The first-order chi connectivity index (χ1) is 13.7. The van der Waals surface area contributed by atoms with Crippen LogP contribution in [-0.2, 0) is 6.54 Å². The van der Waals surface area contributed by atoms with Crippen molar-refractivity contribution < 1.29 is 5.11 Å². The summed E-state index contributed by atoms with van der Waals surface area (Å²) in [6.07, 6.45) is 6.97. The average Bonchev–Trinajstić information content (AvgIpc) is 3.30. The predicted molar refractivity (Wildman–Crippen MR) is 130 cm³/mol. The molecular weight excluding hydrogens is 475 g/mol. The third-order valence-electron chi connectivity index (χ3n) is 7.08. The van der Waals surface area contributed by atoms with Gasteiger partial charge in [0, 0.05) is 51.1 Å². The molecule has 2 N–H and O–H groups in total. The first kappa shape index (κ1) is 22.8. The van der Waals surface area contributed by atoms with E-state index in [9.17, 15) is 5.11 Å². The van der Waals surface area contributed by atoms with Crippen molar-refractivity contribution >= 4 is 29.9 Å². The van der Waals surface area contributed by atoms with Gasteiger partial charge in [0.15, 0.2) is 5.96 Å². The molecule has 3 fully saturated rings. The maximum absolute atomic E-state index is 10.1. The van der Waals surface area contributed by atoms with Crippen molar-refractivity contribution in [2.75, 3.05) is 39.8 Å². The van der Waals surface area contributed by atoms with Crippen LogP contribution in [0.5, 0.6) is 0 Å². The quantitative estimate of drug-likeness (QED) is 0.369. The SMILES string of the molecule is CN=C(NCC1CCCC1O)N1CCC2(CCCN(Cc3ccccc3)C2)C1.I. The summed E-state index contributed by atoms with van der Waals surface area (Å²) in [5.74, 6) is 1.40. The minimum Gasteiger partial charge on any atom is -0.393 e. The predicted octanol–water partition coefficient (Wildman–Crippen LogP) is 3.33. The number of likely N-dealkylation sites (tertiary alicyclic amines) is 2. The third-order valence-corrected chi connectivity index (χ3v) is 7.08. The molecule has 0 aromatic heterocycles. The van der Waals surface area contributed by atoms with Crippen LogP contribution in [-0.4, -0.2) is 66.7 Å². The molecule has 6 heteroatoms. The van der Waals surface area contributed by atoms with Gasteiger partial charge in [-0.15, -0.1) is 24.0 Å². The second kappa shape index (κ2) is 10.4. The number of nitrogens with zero attached hydrogens (tertiary/aromatic N) is 3. The number of halogens is 1. The third kappa shape index (κ3) is 5.64. The zero-order chi connectivity index (χ0) is 19.4. The van der Waals surface area contributed by atoms with Crippen LogP contribution in [0.4, 0.5) is 0 Å². The van der Waals surface area contributed by atoms with Crippen LogP contribution in [0.25, 0.3) is 0 Å². The Balaban J connectivity index is 0.00000240. The fraction of sp³-hybridized carbons (Fsp3) is 0.696. The Labute approximate surface area is 193 Å². The van der Waals surface area contributed by atoms with Crippen LogP contribution in [0, 0.1) is 11.3 Å². The molecule has 1 aromatic rings. The topological polar surface area (TPSA) is 51.1 Å². The van der Waals surface area contributed by atoms with Crippen molar-refractivity contribution in [2.45, 2.75) is 51.2 Å². The molecule has 1 saturated carbocycles. The summed E-state index contributed by atoms with van der Waals surface area (Å²) in [6.45, 7) is 6.50. The Kier molecular flexibility index (Phi) is 8.22. The van der Waals surface area contributed by atoms with Gasteiger partial charge in [0.1, 0.15) is 0 Å². The Morgan fingerprint density at radius 1 is 1.14 bits per heavy atom. The summed E-state index contributed by atoms with van der Waals surface area (Å²) in [5, 5.41) is 13.6. The molecule has 2 aliphatic heterocycles. The van der Waals surface area contributed by atoms with Crippen molar-refractivity contribution in [1.29, 1.82) is 0 Å². The minimum absolute atomic E-state index is 0. The number of aliphatic hydroxyl groups is 1. The maximum Gasteiger partial charge on any atom is 0.193 e. The first-order valence-electron chi connectivity index (χ1n) is 11.1. The van der Waals surface area contributed by atoms with Crippen LogP contribution in [0.15, 0.2) is 35.3 Å². The lowest BCUT2D eigenvalue weighted by Crippen LogP contribution is -2.47. The lowest BCUT2D eigenvalue weighted by atomic mass is 9.79. The molecule has 2 saturated heterocycles. The van der Waals surface area contributed by atoms with E-state index in [0.717, 1.165) is 51.4 Å². The van der Waals surface area contributed by atoms with E-state index in [0.29, 0.717) is 11.3 Å². The number of rotatable bonds is 4. The summed E-state index contributed by atoms with van der Waals surface area (Å²) in [7, 11) is 1.89. The normalized spacial score (nSPS) is 30.6. The molecule has 4 rings (SSSR count). The van der Waals surface area contributed by atoms with Gasteiger partial charge in [-0.2, -0.15) is 0 Å². The number of piperidine rings is 1. The van der Waals surface area contributed by atoms with E-state index in [4.69, 9.17) is 0 Å². The molecule has 1 spiro atoms. The minimum atomic E-state index is -0.139. The smallest absolute Gasteiger partial charge is 0.193 e. The fourth-order valence-electron chi connectivity index (χ4n) is 5.55. The Bertz CT molecular complexity index is 670. The van der Waals surface area contributed by atoms with Crippen molar-refractivity contribution in [1.82, 2.24) is 15.1 Å². The van der Waals surface area contributed by atoms with Crippen molar-refractivity contribution in [3.63, 3.8) is 0 Å². The van der Waals surface area contributed by atoms with Gasteiger partial charge in [-0.1, -0.05) is 36.8 Å². The molecular formula is C23H37IN4O. The number of aliphatic imine (C=N–C) groups is 1. The number of benzene rings is 1. The lowest BCUT2D eigenvalue weighted by Gasteiger charge is -2.40. The van der Waals surface area contributed by atoms with Gasteiger partial charge in [0.05, 0.1) is 6.10 Å². The highest BCUT2D eigenvalue weighted by molar-refractivity contribution is 14.0. The van der Waals surface area contributed by atoms with Gasteiger partial charge in [-0.3, -0.25) is 9.89 Å². The maximum atomic E-state index is 10.1. The molecule has 29 heavy (non-hydrogen) atoms. The van der Waals surface area contributed by atoms with Gasteiger partial charge >= 0.3 is 0 Å². The molecule has 162 valence electrons. The summed E-state index contributed by atoms with van der Waals surface area (Å²) in [6, 6.07) is 10.9. The van der Waals surface area contributed by atoms with E-state index in [1.165, 1.54) is 37.9 Å². The summed E-state index contributed by atoms with van der Waals surface area (Å²) in [4.78, 5) is 9.66. The lowest BCUT2D eigenvalue weighted by molar-refractivity contribution is 0.0924. The van der Waals surface area contributed by atoms with Gasteiger partial charge < -0.3 is 15.3 Å². The van der Waals surface area contributed by atoms with E-state index in [-0.39, 0.29) is 30.1 Å². The highest BCUT2D eigenvalue weighted by atomic mass is 127. The number of aliphatic hydroxyl groups excluding tert-OH is 1. The first-order valence-corrected chi connectivity index (χ1v) is 11.1.